The quantitative estimate of drug-likeness (QED) is 0.865. The fourth-order valence-corrected chi connectivity index (χ4v) is 4.32. The smallest absolute Gasteiger partial charge is 0.162 e. The average molecular weight is 293 g/mol. The number of nitrogens with one attached hydrogen (secondary N) is 1. The van der Waals surface area contributed by atoms with E-state index in [1.54, 1.807) is 0 Å². The van der Waals surface area contributed by atoms with Crippen molar-refractivity contribution in [2.45, 2.75) is 55.6 Å². The molecule has 3 rings (SSSR count). The zero-order valence-corrected chi connectivity index (χ0v) is 13.2. The molecule has 0 atom stereocenters. The zero-order valence-electron chi connectivity index (χ0n) is 12.4. The molecule has 5 heteroatoms. The number of hydrogen-bond acceptors (Lipinski definition) is 5. The van der Waals surface area contributed by atoms with Crippen molar-refractivity contribution in [2.75, 3.05) is 19.5 Å². The minimum atomic E-state index is -0.273. The Morgan fingerprint density at radius 1 is 1.10 bits per heavy atom. The lowest BCUT2D eigenvalue weighted by Crippen LogP contribution is -2.31. The number of aromatic nitrogens is 2. The Morgan fingerprint density at radius 2 is 1.85 bits per heavy atom. The molecule has 0 radical (unpaired) electrons. The summed E-state index contributed by atoms with van der Waals surface area (Å²) in [5.74, 6) is 3.91. The van der Waals surface area contributed by atoms with Crippen LogP contribution < -0.4 is 5.32 Å². The first-order valence-electron chi connectivity index (χ1n) is 7.50. The molecule has 20 heavy (non-hydrogen) atoms. The highest BCUT2D eigenvalue weighted by molar-refractivity contribution is 7.98. The molecule has 1 aromatic heterocycles. The van der Waals surface area contributed by atoms with Gasteiger partial charge in [-0.1, -0.05) is 25.7 Å². The number of hydrogen-bond donors (Lipinski definition) is 1. The van der Waals surface area contributed by atoms with E-state index >= 15 is 0 Å². The molecular formula is C15H23N3OS. The van der Waals surface area contributed by atoms with Crippen LogP contribution in [0.25, 0.3) is 0 Å². The SMILES string of the molecule is CNc1nc(C2(OC)CCCCCC2)nc2c1CSC2. The summed E-state index contributed by atoms with van der Waals surface area (Å²) in [6.45, 7) is 0. The number of anilines is 1. The van der Waals surface area contributed by atoms with Crippen molar-refractivity contribution < 1.29 is 4.74 Å². The number of nitrogens with zero attached hydrogens (tertiary/aromatic N) is 2. The van der Waals surface area contributed by atoms with Crippen molar-refractivity contribution in [3.05, 3.63) is 17.1 Å². The van der Waals surface area contributed by atoms with Crippen molar-refractivity contribution in [3.63, 3.8) is 0 Å². The number of fused-ring (bicyclic) bond motifs is 1. The lowest BCUT2D eigenvalue weighted by molar-refractivity contribution is -0.0351. The molecule has 1 aromatic rings. The van der Waals surface area contributed by atoms with Crippen LogP contribution in [0.1, 0.15) is 55.6 Å². The summed E-state index contributed by atoms with van der Waals surface area (Å²) >= 11 is 1.92. The number of methoxy groups -OCH3 is 1. The van der Waals surface area contributed by atoms with Gasteiger partial charge in [-0.25, -0.2) is 9.97 Å². The van der Waals surface area contributed by atoms with E-state index in [1.165, 1.54) is 36.9 Å². The van der Waals surface area contributed by atoms with Gasteiger partial charge in [-0.15, -0.1) is 0 Å². The first kappa shape index (κ1) is 14.1. The first-order valence-corrected chi connectivity index (χ1v) is 8.65. The van der Waals surface area contributed by atoms with Crippen LogP contribution in [0.15, 0.2) is 0 Å². The summed E-state index contributed by atoms with van der Waals surface area (Å²) in [6, 6.07) is 0. The number of thioether (sulfide) groups is 1. The zero-order chi connectivity index (χ0) is 14.0. The van der Waals surface area contributed by atoms with E-state index in [2.05, 4.69) is 5.32 Å². The molecule has 1 aliphatic carbocycles. The molecular weight excluding hydrogens is 270 g/mol. The molecule has 1 saturated carbocycles. The Hall–Kier alpha value is -0.810. The second-order valence-electron chi connectivity index (χ2n) is 5.68. The molecule has 0 amide bonds. The van der Waals surface area contributed by atoms with E-state index in [1.807, 2.05) is 25.9 Å². The maximum Gasteiger partial charge on any atom is 0.162 e. The van der Waals surface area contributed by atoms with Gasteiger partial charge in [-0.05, 0) is 12.8 Å². The van der Waals surface area contributed by atoms with E-state index in [9.17, 15) is 0 Å². The average Bonchev–Trinajstić information content (AvgIpc) is 2.82. The van der Waals surface area contributed by atoms with Crippen molar-refractivity contribution in [2.24, 2.45) is 0 Å². The van der Waals surface area contributed by atoms with Crippen molar-refractivity contribution in [1.82, 2.24) is 9.97 Å². The largest absolute Gasteiger partial charge is 0.373 e. The maximum atomic E-state index is 5.94. The molecule has 0 saturated heterocycles. The van der Waals surface area contributed by atoms with Gasteiger partial charge in [0.05, 0.1) is 5.69 Å². The van der Waals surface area contributed by atoms with Crippen molar-refractivity contribution in [3.8, 4) is 0 Å². The van der Waals surface area contributed by atoms with Crippen LogP contribution in [0.5, 0.6) is 0 Å². The normalized spacial score (nSPS) is 21.3. The van der Waals surface area contributed by atoms with Crippen LogP contribution in [0.4, 0.5) is 5.82 Å². The van der Waals surface area contributed by atoms with Gasteiger partial charge in [-0.3, -0.25) is 0 Å². The number of ether oxygens (including phenoxy) is 1. The van der Waals surface area contributed by atoms with Gasteiger partial charge in [-0.2, -0.15) is 11.8 Å². The van der Waals surface area contributed by atoms with E-state index in [-0.39, 0.29) is 5.60 Å². The third-order valence-corrected chi connectivity index (χ3v) is 5.49. The molecule has 0 spiro atoms. The van der Waals surface area contributed by atoms with Gasteiger partial charge < -0.3 is 10.1 Å². The van der Waals surface area contributed by atoms with Crippen LogP contribution in [-0.2, 0) is 21.8 Å². The van der Waals surface area contributed by atoms with E-state index in [0.29, 0.717) is 0 Å². The molecule has 4 nitrogen and oxygen atoms in total. The van der Waals surface area contributed by atoms with E-state index < -0.39 is 0 Å². The number of rotatable bonds is 3. The Balaban J connectivity index is 2.03. The maximum absolute atomic E-state index is 5.94. The van der Waals surface area contributed by atoms with Gasteiger partial charge in [0, 0.05) is 31.2 Å². The molecule has 2 aliphatic rings. The second-order valence-corrected chi connectivity index (χ2v) is 6.66. The fourth-order valence-electron chi connectivity index (χ4n) is 3.28. The van der Waals surface area contributed by atoms with Crippen LogP contribution in [0.2, 0.25) is 0 Å². The lowest BCUT2D eigenvalue weighted by Gasteiger charge is -2.30. The highest BCUT2D eigenvalue weighted by Crippen LogP contribution is 2.40. The molecule has 2 heterocycles. The third-order valence-electron chi connectivity index (χ3n) is 4.52. The summed E-state index contributed by atoms with van der Waals surface area (Å²) in [6.07, 6.45) is 7.09. The van der Waals surface area contributed by atoms with Gasteiger partial charge >= 0.3 is 0 Å². The lowest BCUT2D eigenvalue weighted by atomic mass is 9.92. The summed E-state index contributed by atoms with van der Waals surface area (Å²) in [5.41, 5.74) is 2.20. The van der Waals surface area contributed by atoms with Gasteiger partial charge in [0.25, 0.3) is 0 Å². The van der Waals surface area contributed by atoms with Crippen molar-refractivity contribution >= 4 is 17.6 Å². The summed E-state index contributed by atoms with van der Waals surface area (Å²) in [7, 11) is 3.76. The Labute approximate surface area is 125 Å². The highest BCUT2D eigenvalue weighted by Gasteiger charge is 2.37. The Bertz CT molecular complexity index is 484. The van der Waals surface area contributed by atoms with Gasteiger partial charge in [0.2, 0.25) is 0 Å². The van der Waals surface area contributed by atoms with E-state index in [4.69, 9.17) is 14.7 Å². The van der Waals surface area contributed by atoms with E-state index in [0.717, 1.165) is 36.0 Å². The van der Waals surface area contributed by atoms with Crippen molar-refractivity contribution in [1.29, 1.82) is 0 Å². The molecule has 110 valence electrons. The molecule has 1 aliphatic heterocycles. The molecule has 0 unspecified atom stereocenters. The fraction of sp³-hybridized carbons (Fsp3) is 0.733. The van der Waals surface area contributed by atoms with Crippen LogP contribution in [-0.4, -0.2) is 24.1 Å². The Morgan fingerprint density at radius 3 is 2.50 bits per heavy atom. The standard InChI is InChI=1S/C15H23N3OS/c1-16-13-11-9-20-10-12(11)17-14(18-13)15(19-2)7-5-3-4-6-8-15/h3-10H2,1-2H3,(H,16,17,18). The van der Waals surface area contributed by atoms with Crippen LogP contribution in [0, 0.1) is 0 Å². The summed E-state index contributed by atoms with van der Waals surface area (Å²) < 4.78 is 5.94. The second kappa shape index (κ2) is 5.90. The predicted octanol–water partition coefficient (Wildman–Crippen LogP) is 3.46. The van der Waals surface area contributed by atoms with Gasteiger partial charge in [0.1, 0.15) is 11.4 Å². The molecule has 1 fully saturated rings. The van der Waals surface area contributed by atoms with Crippen LogP contribution in [0.3, 0.4) is 0 Å². The molecule has 1 N–H and O–H groups in total. The monoisotopic (exact) mass is 293 g/mol. The topological polar surface area (TPSA) is 47.0 Å². The highest BCUT2D eigenvalue weighted by atomic mass is 32.2. The third kappa shape index (κ3) is 2.42. The Kier molecular flexibility index (Phi) is 4.17. The molecule has 0 bridgehead atoms. The van der Waals surface area contributed by atoms with Crippen LogP contribution >= 0.6 is 11.8 Å². The van der Waals surface area contributed by atoms with Gasteiger partial charge in [0.15, 0.2) is 5.82 Å². The minimum Gasteiger partial charge on any atom is -0.373 e. The predicted molar refractivity (Wildman–Crippen MR) is 83.0 cm³/mol. The first-order chi connectivity index (χ1) is 9.79. The molecule has 0 aromatic carbocycles. The summed E-state index contributed by atoms with van der Waals surface area (Å²) in [5, 5.41) is 3.24. The minimum absolute atomic E-state index is 0.273. The summed E-state index contributed by atoms with van der Waals surface area (Å²) in [4.78, 5) is 9.68.